The van der Waals surface area contributed by atoms with Gasteiger partial charge in [-0.3, -0.25) is 0 Å². The summed E-state index contributed by atoms with van der Waals surface area (Å²) in [6.45, 7) is 0. The average Bonchev–Trinajstić information content (AvgIpc) is 2.75. The minimum absolute atomic E-state index is 0.849. The number of benzene rings is 1. The molecule has 0 bridgehead atoms. The first-order valence-electron chi connectivity index (χ1n) is 5.27. The maximum absolute atomic E-state index is 5.11. The molecular weight excluding hydrogens is 254 g/mol. The van der Waals surface area contributed by atoms with Gasteiger partial charge in [-0.05, 0) is 54.1 Å². The van der Waals surface area contributed by atoms with Crippen LogP contribution in [0.4, 0.5) is 0 Å². The van der Waals surface area contributed by atoms with Gasteiger partial charge in [0.2, 0.25) is 0 Å². The number of thioether (sulfide) groups is 1. The van der Waals surface area contributed by atoms with E-state index in [0.717, 1.165) is 9.65 Å². The zero-order valence-corrected chi connectivity index (χ0v) is 11.1. The van der Waals surface area contributed by atoms with Gasteiger partial charge in [0.15, 0.2) is 3.95 Å². The molecule has 1 aromatic carbocycles. The highest BCUT2D eigenvalue weighted by molar-refractivity contribution is 7.99. The van der Waals surface area contributed by atoms with E-state index in [1.807, 2.05) is 11.8 Å². The summed E-state index contributed by atoms with van der Waals surface area (Å²) in [5.41, 5.74) is 3.89. The Balaban J connectivity index is 2.06. The van der Waals surface area contributed by atoms with Crippen LogP contribution in [-0.2, 0) is 6.42 Å². The number of H-pyrrole nitrogens is 1. The number of hydrogen-bond acceptors (Lipinski definition) is 3. The molecule has 1 aromatic heterocycles. The number of nitrogens with one attached hydrogen (secondary N) is 1. The molecule has 16 heavy (non-hydrogen) atoms. The minimum Gasteiger partial charge on any atom is -0.337 e. The van der Waals surface area contributed by atoms with Gasteiger partial charge >= 0.3 is 0 Å². The maximum atomic E-state index is 5.11. The van der Waals surface area contributed by atoms with Gasteiger partial charge < -0.3 is 4.98 Å². The molecule has 82 valence electrons. The van der Waals surface area contributed by atoms with Gasteiger partial charge in [0.1, 0.15) is 0 Å². The van der Waals surface area contributed by atoms with Crippen molar-refractivity contribution in [3.05, 3.63) is 33.1 Å². The third-order valence-electron chi connectivity index (χ3n) is 2.74. The molecule has 2 aromatic rings. The first kappa shape index (κ1) is 10.6. The van der Waals surface area contributed by atoms with Crippen molar-refractivity contribution in [3.8, 4) is 11.3 Å². The fraction of sp³-hybridized carbons (Fsp3) is 0.250. The van der Waals surface area contributed by atoms with Crippen molar-refractivity contribution >= 4 is 35.3 Å². The summed E-state index contributed by atoms with van der Waals surface area (Å²) >= 11 is 8.67. The molecular formula is C12H11NS3. The molecule has 1 nitrogen and oxygen atoms in total. The third kappa shape index (κ3) is 1.97. The van der Waals surface area contributed by atoms with Crippen molar-refractivity contribution < 1.29 is 0 Å². The van der Waals surface area contributed by atoms with Crippen LogP contribution in [0.3, 0.4) is 0 Å². The second kappa shape index (κ2) is 4.35. The summed E-state index contributed by atoms with van der Waals surface area (Å²) in [7, 11) is 0. The molecule has 1 N–H and O–H groups in total. The summed E-state index contributed by atoms with van der Waals surface area (Å²) in [5, 5.41) is 2.10. The second-order valence-corrected chi connectivity index (χ2v) is 6.52. The van der Waals surface area contributed by atoms with Crippen molar-refractivity contribution in [2.75, 3.05) is 5.75 Å². The zero-order chi connectivity index (χ0) is 11.0. The first-order chi connectivity index (χ1) is 7.83. The number of hydrogen-bond donors (Lipinski definition) is 1. The van der Waals surface area contributed by atoms with E-state index in [4.69, 9.17) is 12.2 Å². The third-order valence-corrected chi connectivity index (χ3v) is 5.00. The summed E-state index contributed by atoms with van der Waals surface area (Å²) in [4.78, 5) is 4.67. The summed E-state index contributed by atoms with van der Waals surface area (Å²) in [6, 6.07) is 6.72. The standard InChI is InChI=1S/C12H11NS3/c14-12-13-10(7-16-12)8-3-4-11-9(6-8)2-1-5-15-11/h3-4,6-7H,1-2,5H2,(H,13,14). The lowest BCUT2D eigenvalue weighted by atomic mass is 10.0. The summed E-state index contributed by atoms with van der Waals surface area (Å²) in [6.07, 6.45) is 2.50. The van der Waals surface area contributed by atoms with Crippen molar-refractivity contribution in [2.24, 2.45) is 0 Å². The van der Waals surface area contributed by atoms with Gasteiger partial charge in [-0.1, -0.05) is 6.07 Å². The fourth-order valence-electron chi connectivity index (χ4n) is 1.95. The van der Waals surface area contributed by atoms with Crippen LogP contribution in [0.1, 0.15) is 12.0 Å². The molecule has 0 saturated heterocycles. The molecule has 0 saturated carbocycles. The molecule has 0 spiro atoms. The van der Waals surface area contributed by atoms with Crippen LogP contribution in [0.2, 0.25) is 0 Å². The lowest BCUT2D eigenvalue weighted by Crippen LogP contribution is -1.98. The topological polar surface area (TPSA) is 15.8 Å². The quantitative estimate of drug-likeness (QED) is 0.763. The molecule has 0 fully saturated rings. The molecule has 0 unspecified atom stereocenters. The Morgan fingerprint density at radius 3 is 3.06 bits per heavy atom. The fourth-order valence-corrected chi connectivity index (χ4v) is 3.81. The summed E-state index contributed by atoms with van der Waals surface area (Å²) in [5.74, 6) is 1.26. The van der Waals surface area contributed by atoms with Gasteiger partial charge in [0, 0.05) is 10.3 Å². The lowest BCUT2D eigenvalue weighted by Gasteiger charge is -2.15. The van der Waals surface area contributed by atoms with Crippen LogP contribution in [0.15, 0.2) is 28.5 Å². The van der Waals surface area contributed by atoms with Crippen LogP contribution in [-0.4, -0.2) is 10.7 Å². The molecule has 2 heterocycles. The van der Waals surface area contributed by atoms with Crippen molar-refractivity contribution in [3.63, 3.8) is 0 Å². The van der Waals surface area contributed by atoms with Crippen molar-refractivity contribution in [2.45, 2.75) is 17.7 Å². The molecule has 0 amide bonds. The minimum atomic E-state index is 0.849. The predicted octanol–water partition coefficient (Wildman–Crippen LogP) is 4.51. The molecule has 1 aliphatic heterocycles. The molecule has 4 heteroatoms. The maximum Gasteiger partial charge on any atom is 0.158 e. The van der Waals surface area contributed by atoms with Crippen LogP contribution >= 0.6 is 35.3 Å². The monoisotopic (exact) mass is 265 g/mol. The van der Waals surface area contributed by atoms with E-state index < -0.39 is 0 Å². The second-order valence-electron chi connectivity index (χ2n) is 3.84. The van der Waals surface area contributed by atoms with Crippen LogP contribution in [0, 0.1) is 3.95 Å². The largest absolute Gasteiger partial charge is 0.337 e. The number of aryl methyl sites for hydroxylation is 1. The Bertz CT molecular complexity index is 568. The number of thiazole rings is 1. The van der Waals surface area contributed by atoms with Crippen molar-refractivity contribution in [1.82, 2.24) is 4.98 Å². The predicted molar refractivity (Wildman–Crippen MR) is 74.0 cm³/mol. The Kier molecular flexibility index (Phi) is 2.88. The Morgan fingerprint density at radius 1 is 1.31 bits per heavy atom. The van der Waals surface area contributed by atoms with Crippen LogP contribution in [0.25, 0.3) is 11.3 Å². The number of rotatable bonds is 1. The van der Waals surface area contributed by atoms with Crippen LogP contribution in [0.5, 0.6) is 0 Å². The molecule has 0 aliphatic carbocycles. The van der Waals surface area contributed by atoms with Crippen molar-refractivity contribution in [1.29, 1.82) is 0 Å². The SMILES string of the molecule is S=c1[nH]c(-c2ccc3c(c2)CCCS3)cs1. The average molecular weight is 265 g/mol. The molecule has 3 rings (SSSR count). The molecule has 0 radical (unpaired) electrons. The Hall–Kier alpha value is -0.580. The van der Waals surface area contributed by atoms with E-state index in [2.05, 4.69) is 28.6 Å². The Labute approximate surface area is 108 Å². The molecule has 1 aliphatic rings. The van der Waals surface area contributed by atoms with Gasteiger partial charge in [-0.2, -0.15) is 0 Å². The van der Waals surface area contributed by atoms with Crippen LogP contribution < -0.4 is 0 Å². The highest BCUT2D eigenvalue weighted by Gasteiger charge is 2.10. The number of fused-ring (bicyclic) bond motifs is 1. The van der Waals surface area contributed by atoms with Gasteiger partial charge in [0.25, 0.3) is 0 Å². The van der Waals surface area contributed by atoms with E-state index in [-0.39, 0.29) is 0 Å². The van der Waals surface area contributed by atoms with Gasteiger partial charge in [-0.15, -0.1) is 23.1 Å². The first-order valence-corrected chi connectivity index (χ1v) is 7.54. The van der Waals surface area contributed by atoms with E-state index >= 15 is 0 Å². The van der Waals surface area contributed by atoms with E-state index in [9.17, 15) is 0 Å². The number of aromatic amines is 1. The van der Waals surface area contributed by atoms with E-state index in [1.54, 1.807) is 11.3 Å². The summed E-state index contributed by atoms with van der Waals surface area (Å²) < 4.78 is 0.849. The Morgan fingerprint density at radius 2 is 2.25 bits per heavy atom. The van der Waals surface area contributed by atoms with Gasteiger partial charge in [0.05, 0.1) is 5.69 Å². The van der Waals surface area contributed by atoms with E-state index in [1.165, 1.54) is 34.6 Å². The van der Waals surface area contributed by atoms with E-state index in [0.29, 0.717) is 0 Å². The number of aromatic nitrogens is 1. The smallest absolute Gasteiger partial charge is 0.158 e. The zero-order valence-electron chi connectivity index (χ0n) is 8.66. The highest BCUT2D eigenvalue weighted by Crippen LogP contribution is 2.33. The van der Waals surface area contributed by atoms with Gasteiger partial charge in [-0.25, -0.2) is 0 Å². The lowest BCUT2D eigenvalue weighted by molar-refractivity contribution is 0.890. The molecule has 0 atom stereocenters. The normalized spacial score (nSPS) is 14.8. The highest BCUT2D eigenvalue weighted by atomic mass is 32.2.